The van der Waals surface area contributed by atoms with E-state index in [2.05, 4.69) is 5.32 Å². The summed E-state index contributed by atoms with van der Waals surface area (Å²) in [7, 11) is 0. The van der Waals surface area contributed by atoms with Gasteiger partial charge in [0.05, 0.1) is 5.92 Å². The number of rotatable bonds is 5. The van der Waals surface area contributed by atoms with E-state index >= 15 is 0 Å². The first-order valence-corrected chi connectivity index (χ1v) is 8.40. The number of urea groups is 1. The third-order valence-electron chi connectivity index (χ3n) is 5.11. The second kappa shape index (κ2) is 7.66. The van der Waals surface area contributed by atoms with Gasteiger partial charge < -0.3 is 15.3 Å². The minimum absolute atomic E-state index is 0.0135. The Morgan fingerprint density at radius 3 is 2.43 bits per heavy atom. The molecule has 2 amide bonds. The zero-order valence-electron chi connectivity index (χ0n) is 13.0. The molecule has 2 fully saturated rings. The van der Waals surface area contributed by atoms with Gasteiger partial charge in [-0.3, -0.25) is 4.79 Å². The molecule has 0 aliphatic heterocycles. The monoisotopic (exact) mass is 296 g/mol. The lowest BCUT2D eigenvalue weighted by Gasteiger charge is -2.34. The van der Waals surface area contributed by atoms with E-state index < -0.39 is 5.97 Å². The van der Waals surface area contributed by atoms with Gasteiger partial charge in [0.25, 0.3) is 0 Å². The number of aliphatic carboxylic acids is 1. The van der Waals surface area contributed by atoms with Crippen molar-refractivity contribution >= 4 is 12.0 Å². The van der Waals surface area contributed by atoms with Crippen molar-refractivity contribution in [3.63, 3.8) is 0 Å². The third kappa shape index (κ3) is 4.11. The Hall–Kier alpha value is -1.26. The number of hydrogen-bond acceptors (Lipinski definition) is 2. The molecule has 0 radical (unpaired) electrons. The van der Waals surface area contributed by atoms with E-state index in [4.69, 9.17) is 0 Å². The van der Waals surface area contributed by atoms with Gasteiger partial charge in [0.1, 0.15) is 0 Å². The maximum atomic E-state index is 12.4. The van der Waals surface area contributed by atoms with Gasteiger partial charge >= 0.3 is 12.0 Å². The lowest BCUT2D eigenvalue weighted by molar-refractivity contribution is -0.142. The number of carboxylic acid groups (broad SMARTS) is 1. The minimum Gasteiger partial charge on any atom is -0.481 e. The Kier molecular flexibility index (Phi) is 5.88. The molecular formula is C16H28N2O3. The van der Waals surface area contributed by atoms with Crippen LogP contribution in [0.2, 0.25) is 0 Å². The van der Waals surface area contributed by atoms with Crippen molar-refractivity contribution in [1.82, 2.24) is 10.2 Å². The maximum absolute atomic E-state index is 12.4. The minimum atomic E-state index is -0.716. The fraction of sp³-hybridized carbons (Fsp3) is 0.875. The number of amides is 2. The van der Waals surface area contributed by atoms with E-state index in [0.29, 0.717) is 12.6 Å². The predicted molar refractivity (Wildman–Crippen MR) is 81.1 cm³/mol. The van der Waals surface area contributed by atoms with Gasteiger partial charge in [-0.2, -0.15) is 0 Å². The molecule has 2 aliphatic carbocycles. The van der Waals surface area contributed by atoms with E-state index in [9.17, 15) is 14.7 Å². The summed E-state index contributed by atoms with van der Waals surface area (Å²) in [6, 6.07) is 0.350. The first kappa shape index (κ1) is 16.1. The highest BCUT2D eigenvalue weighted by Crippen LogP contribution is 2.31. The molecule has 5 heteroatoms. The largest absolute Gasteiger partial charge is 0.481 e. The zero-order chi connectivity index (χ0) is 15.2. The highest BCUT2D eigenvalue weighted by atomic mass is 16.4. The van der Waals surface area contributed by atoms with Crippen LogP contribution in [-0.2, 0) is 4.79 Å². The van der Waals surface area contributed by atoms with Crippen molar-refractivity contribution in [3.05, 3.63) is 0 Å². The van der Waals surface area contributed by atoms with Crippen LogP contribution in [0.5, 0.6) is 0 Å². The van der Waals surface area contributed by atoms with Gasteiger partial charge in [-0.1, -0.05) is 25.7 Å². The molecule has 21 heavy (non-hydrogen) atoms. The van der Waals surface area contributed by atoms with Crippen molar-refractivity contribution in [3.8, 4) is 0 Å². The summed E-state index contributed by atoms with van der Waals surface area (Å²) in [6.45, 7) is 3.24. The molecule has 2 N–H and O–H groups in total. The van der Waals surface area contributed by atoms with Crippen molar-refractivity contribution in [2.24, 2.45) is 11.8 Å². The Morgan fingerprint density at radius 2 is 1.81 bits per heavy atom. The molecule has 0 spiro atoms. The van der Waals surface area contributed by atoms with Gasteiger partial charge in [-0.15, -0.1) is 0 Å². The van der Waals surface area contributed by atoms with Crippen LogP contribution in [0.1, 0.15) is 58.3 Å². The number of carbonyl (C=O) groups excluding carboxylic acids is 1. The van der Waals surface area contributed by atoms with Crippen LogP contribution in [0.4, 0.5) is 4.79 Å². The summed E-state index contributed by atoms with van der Waals surface area (Å²) in [5.41, 5.74) is 0. The first-order chi connectivity index (χ1) is 10.1. The van der Waals surface area contributed by atoms with E-state index in [1.807, 2.05) is 11.8 Å². The standard InChI is InChI=1S/C16H28N2O3/c1-2-18(13-8-4-3-5-9-13)16(21)17-11-12-7-6-10-14(12)15(19)20/h12-14H,2-11H2,1H3,(H,17,21)(H,19,20). The molecular weight excluding hydrogens is 268 g/mol. The quantitative estimate of drug-likeness (QED) is 0.819. The topological polar surface area (TPSA) is 69.6 Å². The van der Waals surface area contributed by atoms with E-state index in [1.165, 1.54) is 19.3 Å². The summed E-state index contributed by atoms with van der Waals surface area (Å²) in [5, 5.41) is 12.2. The van der Waals surface area contributed by atoms with Crippen LogP contribution in [0, 0.1) is 11.8 Å². The molecule has 0 aromatic heterocycles. The molecule has 0 saturated heterocycles. The summed E-state index contributed by atoms with van der Waals surface area (Å²) in [6.07, 6.45) is 8.50. The number of carboxylic acids is 1. The summed E-state index contributed by atoms with van der Waals surface area (Å²) < 4.78 is 0. The predicted octanol–water partition coefficient (Wildman–Crippen LogP) is 2.85. The molecule has 2 aliphatic rings. The summed E-state index contributed by atoms with van der Waals surface area (Å²) >= 11 is 0. The van der Waals surface area contributed by atoms with Crippen LogP contribution in [0.15, 0.2) is 0 Å². The Bertz CT molecular complexity index is 367. The van der Waals surface area contributed by atoms with Gasteiger partial charge in [0.15, 0.2) is 0 Å². The molecule has 120 valence electrons. The molecule has 2 atom stereocenters. The lowest BCUT2D eigenvalue weighted by Crippen LogP contribution is -2.48. The molecule has 2 unspecified atom stereocenters. The zero-order valence-corrected chi connectivity index (χ0v) is 13.0. The lowest BCUT2D eigenvalue weighted by atomic mass is 9.94. The fourth-order valence-corrected chi connectivity index (χ4v) is 3.89. The average Bonchev–Trinajstić information content (AvgIpc) is 2.95. The first-order valence-electron chi connectivity index (χ1n) is 8.40. The second-order valence-electron chi connectivity index (χ2n) is 6.40. The van der Waals surface area contributed by atoms with Gasteiger partial charge in [-0.25, -0.2) is 4.79 Å². The number of hydrogen-bond donors (Lipinski definition) is 2. The van der Waals surface area contributed by atoms with Crippen molar-refractivity contribution in [1.29, 1.82) is 0 Å². The van der Waals surface area contributed by atoms with E-state index in [0.717, 1.165) is 38.6 Å². The van der Waals surface area contributed by atoms with Crippen LogP contribution < -0.4 is 5.32 Å². The van der Waals surface area contributed by atoms with Gasteiger partial charge in [0, 0.05) is 19.1 Å². The molecule has 0 bridgehead atoms. The van der Waals surface area contributed by atoms with E-state index in [-0.39, 0.29) is 17.9 Å². The van der Waals surface area contributed by atoms with Crippen molar-refractivity contribution in [2.75, 3.05) is 13.1 Å². The van der Waals surface area contributed by atoms with Gasteiger partial charge in [-0.05, 0) is 38.5 Å². The normalized spacial score (nSPS) is 26.5. The average molecular weight is 296 g/mol. The highest BCUT2D eigenvalue weighted by molar-refractivity contribution is 5.75. The molecule has 5 nitrogen and oxygen atoms in total. The van der Waals surface area contributed by atoms with Crippen LogP contribution in [-0.4, -0.2) is 41.1 Å². The Morgan fingerprint density at radius 1 is 1.10 bits per heavy atom. The molecule has 0 heterocycles. The number of nitrogens with one attached hydrogen (secondary N) is 1. The number of carbonyl (C=O) groups is 2. The Balaban J connectivity index is 1.83. The molecule has 0 aromatic carbocycles. The summed E-state index contributed by atoms with van der Waals surface area (Å²) in [5.74, 6) is -0.905. The third-order valence-corrected chi connectivity index (χ3v) is 5.11. The van der Waals surface area contributed by atoms with Crippen molar-refractivity contribution in [2.45, 2.75) is 64.3 Å². The molecule has 2 rings (SSSR count). The number of nitrogens with zero attached hydrogens (tertiary/aromatic N) is 1. The SMILES string of the molecule is CCN(C(=O)NCC1CCCC1C(=O)O)C1CCCCC1. The van der Waals surface area contributed by atoms with Gasteiger partial charge in [0.2, 0.25) is 0 Å². The molecule has 2 saturated carbocycles. The van der Waals surface area contributed by atoms with Crippen LogP contribution in [0.3, 0.4) is 0 Å². The van der Waals surface area contributed by atoms with Crippen LogP contribution in [0.25, 0.3) is 0 Å². The summed E-state index contributed by atoms with van der Waals surface area (Å²) in [4.78, 5) is 25.5. The Labute approximate surface area is 127 Å². The fourth-order valence-electron chi connectivity index (χ4n) is 3.89. The second-order valence-corrected chi connectivity index (χ2v) is 6.40. The van der Waals surface area contributed by atoms with Crippen molar-refractivity contribution < 1.29 is 14.7 Å². The smallest absolute Gasteiger partial charge is 0.317 e. The highest BCUT2D eigenvalue weighted by Gasteiger charge is 2.33. The molecule has 0 aromatic rings. The maximum Gasteiger partial charge on any atom is 0.317 e. The van der Waals surface area contributed by atoms with Crippen LogP contribution >= 0.6 is 0 Å². The van der Waals surface area contributed by atoms with E-state index in [1.54, 1.807) is 0 Å².